The summed E-state index contributed by atoms with van der Waals surface area (Å²) in [6.45, 7) is 6.39. The second-order valence-electron chi connectivity index (χ2n) is 5.43. The van der Waals surface area contributed by atoms with E-state index in [1.165, 1.54) is 0 Å². The molecule has 0 aliphatic carbocycles. The number of nitrogens with zero attached hydrogens (tertiary/aromatic N) is 1. The molecule has 4 heteroatoms. The van der Waals surface area contributed by atoms with E-state index < -0.39 is 0 Å². The number of ether oxygens (including phenoxy) is 1. The van der Waals surface area contributed by atoms with Crippen molar-refractivity contribution in [3.63, 3.8) is 0 Å². The molecular weight excluding hydrogens is 318 g/mol. The highest BCUT2D eigenvalue weighted by Crippen LogP contribution is 2.18. The SMILES string of the molecule is Cc1cc(C)cc(C(=O)N2CCC(OCCBr)CC2)c1. The number of amides is 1. The fraction of sp³-hybridized carbons (Fsp3) is 0.562. The Balaban J connectivity index is 1.94. The summed E-state index contributed by atoms with van der Waals surface area (Å²) in [5.41, 5.74) is 3.09. The first kappa shape index (κ1) is 15.5. The number of rotatable bonds is 4. The minimum atomic E-state index is 0.149. The van der Waals surface area contributed by atoms with Crippen LogP contribution in [0.2, 0.25) is 0 Å². The molecule has 3 nitrogen and oxygen atoms in total. The van der Waals surface area contributed by atoms with Gasteiger partial charge in [0.1, 0.15) is 0 Å². The minimum Gasteiger partial charge on any atom is -0.377 e. The Hall–Kier alpha value is -0.870. The Morgan fingerprint density at radius 3 is 2.40 bits per heavy atom. The molecule has 0 aromatic heterocycles. The number of halogens is 1. The van der Waals surface area contributed by atoms with Crippen LogP contribution < -0.4 is 0 Å². The Morgan fingerprint density at radius 2 is 1.85 bits per heavy atom. The molecule has 110 valence electrons. The van der Waals surface area contributed by atoms with Crippen molar-refractivity contribution < 1.29 is 9.53 Å². The van der Waals surface area contributed by atoms with E-state index in [0.29, 0.717) is 6.10 Å². The highest BCUT2D eigenvalue weighted by Gasteiger charge is 2.24. The maximum absolute atomic E-state index is 12.5. The molecule has 0 radical (unpaired) electrons. The van der Waals surface area contributed by atoms with Gasteiger partial charge < -0.3 is 9.64 Å². The van der Waals surface area contributed by atoms with Gasteiger partial charge in [0.2, 0.25) is 0 Å². The van der Waals surface area contributed by atoms with E-state index in [1.807, 2.05) is 30.9 Å². The zero-order valence-electron chi connectivity index (χ0n) is 12.2. The Labute approximate surface area is 129 Å². The van der Waals surface area contributed by atoms with Gasteiger partial charge in [0.15, 0.2) is 0 Å². The van der Waals surface area contributed by atoms with E-state index in [1.54, 1.807) is 0 Å². The van der Waals surface area contributed by atoms with Crippen LogP contribution in [0.25, 0.3) is 0 Å². The normalized spacial score (nSPS) is 16.4. The molecule has 0 N–H and O–H groups in total. The number of carbonyl (C=O) groups excluding carboxylic acids is 1. The predicted octanol–water partition coefficient (Wildman–Crippen LogP) is 3.32. The average Bonchev–Trinajstić information content (AvgIpc) is 2.44. The summed E-state index contributed by atoms with van der Waals surface area (Å²) in [6.07, 6.45) is 2.17. The first-order valence-corrected chi connectivity index (χ1v) is 8.27. The fourth-order valence-corrected chi connectivity index (χ4v) is 2.90. The van der Waals surface area contributed by atoms with Crippen molar-refractivity contribution in [2.24, 2.45) is 0 Å². The van der Waals surface area contributed by atoms with E-state index in [9.17, 15) is 4.79 Å². The van der Waals surface area contributed by atoms with E-state index in [-0.39, 0.29) is 5.91 Å². The lowest BCUT2D eigenvalue weighted by Gasteiger charge is -2.32. The van der Waals surface area contributed by atoms with Gasteiger partial charge in [-0.2, -0.15) is 0 Å². The molecule has 1 saturated heterocycles. The van der Waals surface area contributed by atoms with Gasteiger partial charge in [0, 0.05) is 24.0 Å². The molecule has 1 fully saturated rings. The highest BCUT2D eigenvalue weighted by molar-refractivity contribution is 9.09. The summed E-state index contributed by atoms with van der Waals surface area (Å²) >= 11 is 3.37. The lowest BCUT2D eigenvalue weighted by atomic mass is 10.0. The number of carbonyl (C=O) groups is 1. The van der Waals surface area contributed by atoms with E-state index in [0.717, 1.165) is 54.6 Å². The standard InChI is InChI=1S/C16H22BrNO2/c1-12-9-13(2)11-14(10-12)16(19)18-6-3-15(4-7-18)20-8-5-17/h9-11,15H,3-8H2,1-2H3. The minimum absolute atomic E-state index is 0.149. The van der Waals surface area contributed by atoms with Crippen molar-refractivity contribution in [2.45, 2.75) is 32.8 Å². The topological polar surface area (TPSA) is 29.5 Å². The molecule has 1 aromatic rings. The second kappa shape index (κ2) is 7.23. The first-order valence-electron chi connectivity index (χ1n) is 7.15. The van der Waals surface area contributed by atoms with Gasteiger partial charge in [-0.15, -0.1) is 0 Å². The quantitative estimate of drug-likeness (QED) is 0.787. The number of likely N-dealkylation sites (tertiary alicyclic amines) is 1. The molecule has 0 unspecified atom stereocenters. The van der Waals surface area contributed by atoms with Crippen molar-refractivity contribution in [1.82, 2.24) is 4.90 Å². The number of hydrogen-bond donors (Lipinski definition) is 0. The lowest BCUT2D eigenvalue weighted by molar-refractivity contribution is 0.0160. The van der Waals surface area contributed by atoms with Gasteiger partial charge >= 0.3 is 0 Å². The summed E-state index contributed by atoms with van der Waals surface area (Å²) < 4.78 is 5.72. The zero-order chi connectivity index (χ0) is 14.5. The van der Waals surface area contributed by atoms with Crippen LogP contribution in [0, 0.1) is 13.8 Å². The van der Waals surface area contributed by atoms with Gasteiger partial charge in [-0.1, -0.05) is 33.1 Å². The van der Waals surface area contributed by atoms with Crippen molar-refractivity contribution in [2.75, 3.05) is 25.0 Å². The first-order chi connectivity index (χ1) is 9.60. The predicted molar refractivity (Wildman–Crippen MR) is 84.6 cm³/mol. The molecular formula is C16H22BrNO2. The number of hydrogen-bond acceptors (Lipinski definition) is 2. The molecule has 1 aliphatic heterocycles. The van der Waals surface area contributed by atoms with Gasteiger partial charge in [-0.05, 0) is 38.8 Å². The summed E-state index contributed by atoms with van der Waals surface area (Å²) in [5.74, 6) is 0.149. The van der Waals surface area contributed by atoms with Crippen molar-refractivity contribution in [1.29, 1.82) is 0 Å². The fourth-order valence-electron chi connectivity index (χ4n) is 2.72. The van der Waals surface area contributed by atoms with Crippen LogP contribution in [0.4, 0.5) is 0 Å². The van der Waals surface area contributed by atoms with E-state index in [2.05, 4.69) is 22.0 Å². The van der Waals surface area contributed by atoms with Gasteiger partial charge in [0.25, 0.3) is 5.91 Å². The van der Waals surface area contributed by atoms with Crippen molar-refractivity contribution in [3.05, 3.63) is 34.9 Å². The number of benzene rings is 1. The molecule has 1 aliphatic rings. The van der Waals surface area contributed by atoms with Gasteiger partial charge in [0.05, 0.1) is 12.7 Å². The van der Waals surface area contributed by atoms with Crippen LogP contribution in [0.15, 0.2) is 18.2 Å². The van der Waals surface area contributed by atoms with Crippen molar-refractivity contribution >= 4 is 21.8 Å². The molecule has 0 atom stereocenters. The van der Waals surface area contributed by atoms with Crippen LogP contribution in [-0.2, 0) is 4.74 Å². The van der Waals surface area contributed by atoms with Gasteiger partial charge in [-0.25, -0.2) is 0 Å². The van der Waals surface area contributed by atoms with Crippen LogP contribution in [-0.4, -0.2) is 41.9 Å². The van der Waals surface area contributed by atoms with Crippen LogP contribution in [0.3, 0.4) is 0 Å². The van der Waals surface area contributed by atoms with Crippen molar-refractivity contribution in [3.8, 4) is 0 Å². The third kappa shape index (κ3) is 4.06. The Morgan fingerprint density at radius 1 is 1.25 bits per heavy atom. The molecule has 0 bridgehead atoms. The van der Waals surface area contributed by atoms with Crippen LogP contribution in [0.5, 0.6) is 0 Å². The van der Waals surface area contributed by atoms with Gasteiger partial charge in [-0.3, -0.25) is 4.79 Å². The average molecular weight is 340 g/mol. The summed E-state index contributed by atoms with van der Waals surface area (Å²) in [5, 5.41) is 0.870. The smallest absolute Gasteiger partial charge is 0.253 e. The van der Waals surface area contributed by atoms with Crippen LogP contribution >= 0.6 is 15.9 Å². The molecule has 20 heavy (non-hydrogen) atoms. The molecule has 1 aromatic carbocycles. The highest BCUT2D eigenvalue weighted by atomic mass is 79.9. The summed E-state index contributed by atoms with van der Waals surface area (Å²) in [7, 11) is 0. The largest absolute Gasteiger partial charge is 0.377 e. The maximum Gasteiger partial charge on any atom is 0.253 e. The zero-order valence-corrected chi connectivity index (χ0v) is 13.8. The molecule has 1 amide bonds. The third-order valence-electron chi connectivity index (χ3n) is 3.63. The molecule has 0 saturated carbocycles. The Bertz CT molecular complexity index is 447. The number of piperidine rings is 1. The second-order valence-corrected chi connectivity index (χ2v) is 6.22. The monoisotopic (exact) mass is 339 g/mol. The molecule has 1 heterocycles. The number of alkyl halides is 1. The summed E-state index contributed by atoms with van der Waals surface area (Å²) in [4.78, 5) is 14.4. The maximum atomic E-state index is 12.5. The van der Waals surface area contributed by atoms with Crippen LogP contribution in [0.1, 0.15) is 34.3 Å². The number of aryl methyl sites for hydroxylation is 2. The van der Waals surface area contributed by atoms with E-state index >= 15 is 0 Å². The third-order valence-corrected chi connectivity index (χ3v) is 3.95. The Kier molecular flexibility index (Phi) is 5.61. The lowest BCUT2D eigenvalue weighted by Crippen LogP contribution is -2.41. The molecule has 2 rings (SSSR count). The van der Waals surface area contributed by atoms with E-state index in [4.69, 9.17) is 4.74 Å². The summed E-state index contributed by atoms with van der Waals surface area (Å²) in [6, 6.07) is 6.04. The molecule has 0 spiro atoms.